The fourth-order valence-electron chi connectivity index (χ4n) is 2.38. The van der Waals surface area contributed by atoms with Crippen molar-refractivity contribution < 1.29 is 8.81 Å². The third kappa shape index (κ3) is 1.45. The molecule has 3 nitrogen and oxygen atoms in total. The molecule has 1 aromatic heterocycles. The number of rotatable bonds is 1. The number of oxazole rings is 1. The zero-order valence-electron chi connectivity index (χ0n) is 8.87. The third-order valence-electron chi connectivity index (χ3n) is 3.19. The number of benzene rings is 1. The molecule has 2 N–H and O–H groups in total. The number of fused-ring (bicyclic) bond motifs is 1. The van der Waals surface area contributed by atoms with E-state index in [1.54, 1.807) is 6.07 Å². The van der Waals surface area contributed by atoms with E-state index in [1.165, 1.54) is 18.9 Å². The topological polar surface area (TPSA) is 52.0 Å². The zero-order chi connectivity index (χ0) is 11.1. The minimum absolute atomic E-state index is 0.232. The maximum atomic E-state index is 13.5. The van der Waals surface area contributed by atoms with Crippen molar-refractivity contribution in [1.82, 2.24) is 4.98 Å². The summed E-state index contributed by atoms with van der Waals surface area (Å²) in [5.41, 5.74) is 6.71. The smallest absolute Gasteiger partial charge is 0.198 e. The number of hydrogen-bond donors (Lipinski definition) is 1. The second-order valence-corrected chi connectivity index (χ2v) is 4.38. The highest BCUT2D eigenvalue weighted by molar-refractivity contribution is 5.77. The fourth-order valence-corrected chi connectivity index (χ4v) is 2.38. The first-order chi connectivity index (χ1) is 7.74. The molecular formula is C12H13FN2O. The molecule has 0 spiro atoms. The van der Waals surface area contributed by atoms with Crippen molar-refractivity contribution in [2.24, 2.45) is 0 Å². The molecule has 4 heteroatoms. The molecule has 3 rings (SSSR count). The van der Waals surface area contributed by atoms with Gasteiger partial charge in [0.05, 0.1) is 0 Å². The molecule has 0 saturated heterocycles. The van der Waals surface area contributed by atoms with E-state index in [0.29, 0.717) is 23.0 Å². The summed E-state index contributed by atoms with van der Waals surface area (Å²) in [7, 11) is 0. The summed E-state index contributed by atoms with van der Waals surface area (Å²) in [6.45, 7) is 0. The minimum atomic E-state index is -0.424. The van der Waals surface area contributed by atoms with Crippen molar-refractivity contribution in [3.8, 4) is 0 Å². The van der Waals surface area contributed by atoms with Gasteiger partial charge in [0.25, 0.3) is 0 Å². The molecular weight excluding hydrogens is 207 g/mol. The van der Waals surface area contributed by atoms with Crippen molar-refractivity contribution in [1.29, 1.82) is 0 Å². The molecule has 1 aliphatic rings. The van der Waals surface area contributed by atoms with E-state index in [0.717, 1.165) is 12.8 Å². The van der Waals surface area contributed by atoms with Gasteiger partial charge >= 0.3 is 0 Å². The summed E-state index contributed by atoms with van der Waals surface area (Å²) < 4.78 is 19.0. The number of aromatic nitrogens is 1. The van der Waals surface area contributed by atoms with E-state index in [-0.39, 0.29) is 5.58 Å². The van der Waals surface area contributed by atoms with E-state index < -0.39 is 5.82 Å². The van der Waals surface area contributed by atoms with Crippen molar-refractivity contribution in [3.05, 3.63) is 23.8 Å². The number of halogens is 1. The summed E-state index contributed by atoms with van der Waals surface area (Å²) in [6.07, 6.45) is 4.58. The Morgan fingerprint density at radius 2 is 2.06 bits per heavy atom. The fraction of sp³-hybridized carbons (Fsp3) is 0.417. The second kappa shape index (κ2) is 3.47. The molecule has 16 heavy (non-hydrogen) atoms. The van der Waals surface area contributed by atoms with Crippen LogP contribution in [0.2, 0.25) is 0 Å². The van der Waals surface area contributed by atoms with E-state index in [2.05, 4.69) is 4.98 Å². The van der Waals surface area contributed by atoms with E-state index in [4.69, 9.17) is 10.2 Å². The Kier molecular flexibility index (Phi) is 2.09. The van der Waals surface area contributed by atoms with Crippen LogP contribution in [0.3, 0.4) is 0 Å². The minimum Gasteiger partial charge on any atom is -0.437 e. The molecule has 2 aromatic rings. The lowest BCUT2D eigenvalue weighted by Crippen LogP contribution is -1.91. The summed E-state index contributed by atoms with van der Waals surface area (Å²) in [6, 6.07) is 2.92. The Labute approximate surface area is 92.5 Å². The number of nitrogens with two attached hydrogens (primary N) is 1. The van der Waals surface area contributed by atoms with Crippen LogP contribution in [0.25, 0.3) is 11.1 Å². The van der Waals surface area contributed by atoms with Gasteiger partial charge in [0.15, 0.2) is 17.3 Å². The summed E-state index contributed by atoms with van der Waals surface area (Å²) in [5.74, 6) is 0.594. The molecule has 1 aliphatic carbocycles. The van der Waals surface area contributed by atoms with Crippen molar-refractivity contribution in [2.75, 3.05) is 5.73 Å². The molecule has 0 unspecified atom stereocenters. The summed E-state index contributed by atoms with van der Waals surface area (Å²) in [5, 5.41) is 0. The van der Waals surface area contributed by atoms with E-state index in [1.807, 2.05) is 0 Å². The Balaban J connectivity index is 2.11. The van der Waals surface area contributed by atoms with Gasteiger partial charge < -0.3 is 10.2 Å². The molecule has 84 valence electrons. The molecule has 1 heterocycles. The predicted molar refractivity (Wildman–Crippen MR) is 59.6 cm³/mol. The van der Waals surface area contributed by atoms with Crippen LogP contribution < -0.4 is 5.73 Å². The molecule has 0 amide bonds. The number of nitrogens with zero attached hydrogens (tertiary/aromatic N) is 1. The van der Waals surface area contributed by atoms with Gasteiger partial charge in [-0.3, -0.25) is 0 Å². The average molecular weight is 220 g/mol. The van der Waals surface area contributed by atoms with Crippen LogP contribution in [0.1, 0.15) is 37.5 Å². The largest absolute Gasteiger partial charge is 0.437 e. The zero-order valence-corrected chi connectivity index (χ0v) is 8.87. The van der Waals surface area contributed by atoms with Crippen LogP contribution >= 0.6 is 0 Å². The van der Waals surface area contributed by atoms with Crippen LogP contribution in [0, 0.1) is 5.82 Å². The maximum Gasteiger partial charge on any atom is 0.198 e. The highest BCUT2D eigenvalue weighted by atomic mass is 19.1. The van der Waals surface area contributed by atoms with Gasteiger partial charge in [0.1, 0.15) is 5.52 Å². The van der Waals surface area contributed by atoms with Crippen molar-refractivity contribution >= 4 is 16.8 Å². The van der Waals surface area contributed by atoms with E-state index in [9.17, 15) is 4.39 Å². The Hall–Kier alpha value is -1.58. The standard InChI is InChI=1S/C12H13FN2O/c13-9-5-8(14)6-10-11(9)16-12(15-10)7-3-1-2-4-7/h5-7H,1-4,14H2. The number of hydrogen-bond acceptors (Lipinski definition) is 3. The SMILES string of the molecule is Nc1cc(F)c2oc(C3CCCC3)nc2c1. The van der Waals surface area contributed by atoms with Crippen LogP contribution in [0.5, 0.6) is 0 Å². The lowest BCUT2D eigenvalue weighted by atomic mass is 10.1. The Morgan fingerprint density at radius 1 is 1.31 bits per heavy atom. The third-order valence-corrected chi connectivity index (χ3v) is 3.19. The normalized spacial score (nSPS) is 17.3. The quantitative estimate of drug-likeness (QED) is 0.751. The molecule has 1 fully saturated rings. The molecule has 0 radical (unpaired) electrons. The predicted octanol–water partition coefficient (Wildman–Crippen LogP) is 3.21. The van der Waals surface area contributed by atoms with Gasteiger partial charge in [-0.25, -0.2) is 9.37 Å². The monoisotopic (exact) mass is 220 g/mol. The van der Waals surface area contributed by atoms with Crippen LogP contribution in [0.4, 0.5) is 10.1 Å². The van der Waals surface area contributed by atoms with Gasteiger partial charge in [0, 0.05) is 17.7 Å². The molecule has 1 aromatic carbocycles. The maximum absolute atomic E-state index is 13.5. The van der Waals surface area contributed by atoms with Crippen LogP contribution in [-0.2, 0) is 0 Å². The molecule has 0 bridgehead atoms. The molecule has 1 saturated carbocycles. The lowest BCUT2D eigenvalue weighted by Gasteiger charge is -2.00. The lowest BCUT2D eigenvalue weighted by molar-refractivity contribution is 0.461. The summed E-state index contributed by atoms with van der Waals surface area (Å²) in [4.78, 5) is 4.33. The number of anilines is 1. The van der Waals surface area contributed by atoms with Gasteiger partial charge in [-0.1, -0.05) is 12.8 Å². The van der Waals surface area contributed by atoms with Crippen LogP contribution in [-0.4, -0.2) is 4.98 Å². The van der Waals surface area contributed by atoms with Gasteiger partial charge in [-0.05, 0) is 18.9 Å². The number of nitrogen functional groups attached to an aromatic ring is 1. The van der Waals surface area contributed by atoms with Gasteiger partial charge in [0.2, 0.25) is 0 Å². The highest BCUT2D eigenvalue weighted by Crippen LogP contribution is 2.35. The van der Waals surface area contributed by atoms with Crippen molar-refractivity contribution in [2.45, 2.75) is 31.6 Å². The second-order valence-electron chi connectivity index (χ2n) is 4.38. The molecule has 0 atom stereocenters. The first-order valence-corrected chi connectivity index (χ1v) is 5.59. The highest BCUT2D eigenvalue weighted by Gasteiger charge is 2.23. The summed E-state index contributed by atoms with van der Waals surface area (Å²) >= 11 is 0. The van der Waals surface area contributed by atoms with Crippen molar-refractivity contribution in [3.63, 3.8) is 0 Å². The average Bonchev–Trinajstić information content (AvgIpc) is 2.82. The van der Waals surface area contributed by atoms with Gasteiger partial charge in [-0.15, -0.1) is 0 Å². The Bertz CT molecular complexity index is 529. The first kappa shape index (κ1) is 9.63. The Morgan fingerprint density at radius 3 is 2.81 bits per heavy atom. The first-order valence-electron chi connectivity index (χ1n) is 5.59. The van der Waals surface area contributed by atoms with E-state index >= 15 is 0 Å². The molecule has 0 aliphatic heterocycles. The van der Waals surface area contributed by atoms with Gasteiger partial charge in [-0.2, -0.15) is 0 Å². The van der Waals surface area contributed by atoms with Crippen LogP contribution in [0.15, 0.2) is 16.5 Å².